The maximum Gasteiger partial charge on any atom is 0.244 e. The van der Waals surface area contributed by atoms with Crippen LogP contribution >= 0.6 is 0 Å². The molecule has 0 saturated heterocycles. The van der Waals surface area contributed by atoms with Gasteiger partial charge in [0.2, 0.25) is 5.91 Å². The Morgan fingerprint density at radius 1 is 1.03 bits per heavy atom. The summed E-state index contributed by atoms with van der Waals surface area (Å²) in [6.07, 6.45) is 15.4. The number of hydrogen-bond acceptors (Lipinski definition) is 2. The van der Waals surface area contributed by atoms with E-state index in [0.29, 0.717) is 6.54 Å². The fourth-order valence-corrected chi connectivity index (χ4v) is 4.46. The Morgan fingerprint density at radius 2 is 1.78 bits per heavy atom. The molecule has 3 rings (SSSR count). The molecular formula is C34H39NO2. The van der Waals surface area contributed by atoms with Crippen molar-refractivity contribution in [2.24, 2.45) is 5.41 Å². The number of benzene rings is 2. The summed E-state index contributed by atoms with van der Waals surface area (Å²) in [5.41, 5.74) is 8.28. The summed E-state index contributed by atoms with van der Waals surface area (Å²) in [5, 5.41) is 2.93. The summed E-state index contributed by atoms with van der Waals surface area (Å²) in [6, 6.07) is 18.2. The van der Waals surface area contributed by atoms with Crippen LogP contribution in [0.3, 0.4) is 0 Å². The average molecular weight is 494 g/mol. The average Bonchev–Trinajstić information content (AvgIpc) is 2.87. The maximum atomic E-state index is 12.2. The molecule has 3 nitrogen and oxygen atoms in total. The molecule has 0 unspecified atom stereocenters. The minimum absolute atomic E-state index is 0.0610. The van der Waals surface area contributed by atoms with E-state index in [1.165, 1.54) is 22.3 Å². The Kier molecular flexibility index (Phi) is 9.68. The fraction of sp³-hybridized carbons (Fsp3) is 0.265. The molecule has 0 aliphatic heterocycles. The third-order valence-corrected chi connectivity index (χ3v) is 6.63. The summed E-state index contributed by atoms with van der Waals surface area (Å²) in [4.78, 5) is 12.2. The second-order valence-corrected chi connectivity index (χ2v) is 10.2. The number of methoxy groups -OCH3 is 1. The van der Waals surface area contributed by atoms with Crippen molar-refractivity contribution < 1.29 is 9.53 Å². The molecule has 0 fully saturated rings. The van der Waals surface area contributed by atoms with Gasteiger partial charge in [0.1, 0.15) is 5.75 Å². The number of allylic oxidation sites excluding steroid dienone is 11. The van der Waals surface area contributed by atoms with Crippen molar-refractivity contribution in [3.8, 4) is 5.75 Å². The monoisotopic (exact) mass is 493 g/mol. The van der Waals surface area contributed by atoms with E-state index < -0.39 is 0 Å². The summed E-state index contributed by atoms with van der Waals surface area (Å²) in [7, 11) is 1.70. The van der Waals surface area contributed by atoms with Crippen LogP contribution in [0.25, 0.3) is 5.57 Å². The van der Waals surface area contributed by atoms with Crippen molar-refractivity contribution in [1.82, 2.24) is 5.32 Å². The zero-order valence-corrected chi connectivity index (χ0v) is 23.0. The predicted octanol–water partition coefficient (Wildman–Crippen LogP) is 8.15. The van der Waals surface area contributed by atoms with Gasteiger partial charge in [-0.25, -0.2) is 0 Å². The van der Waals surface area contributed by atoms with E-state index in [2.05, 4.69) is 69.4 Å². The molecule has 0 aromatic heterocycles. The molecule has 192 valence electrons. The number of hydrogen-bond donors (Lipinski definition) is 1. The van der Waals surface area contributed by atoms with E-state index in [0.717, 1.165) is 28.9 Å². The highest BCUT2D eigenvalue weighted by Gasteiger charge is 2.27. The molecule has 0 radical (unpaired) electrons. The molecule has 1 amide bonds. The van der Waals surface area contributed by atoms with E-state index >= 15 is 0 Å². The number of ether oxygens (including phenoxy) is 1. The number of amides is 1. The molecule has 0 spiro atoms. The van der Waals surface area contributed by atoms with Gasteiger partial charge in [-0.05, 0) is 78.2 Å². The molecule has 37 heavy (non-hydrogen) atoms. The summed E-state index contributed by atoms with van der Waals surface area (Å²) in [6.45, 7) is 11.4. The van der Waals surface area contributed by atoms with Crippen LogP contribution in [0, 0.1) is 5.41 Å². The van der Waals surface area contributed by atoms with Crippen molar-refractivity contribution in [2.75, 3.05) is 7.11 Å². The van der Waals surface area contributed by atoms with Gasteiger partial charge in [0.15, 0.2) is 0 Å². The van der Waals surface area contributed by atoms with Crippen LogP contribution in [0.1, 0.15) is 52.2 Å². The Labute approximate surface area is 222 Å². The summed E-state index contributed by atoms with van der Waals surface area (Å²) in [5.74, 6) is 0.783. The molecule has 2 aromatic rings. The number of carbonyl (C=O) groups excluding carboxylic acids is 1. The smallest absolute Gasteiger partial charge is 0.244 e. The van der Waals surface area contributed by atoms with Crippen molar-refractivity contribution >= 4 is 11.5 Å². The largest absolute Gasteiger partial charge is 0.497 e. The Bertz CT molecular complexity index is 1280. The zero-order chi connectivity index (χ0) is 26.8. The Morgan fingerprint density at radius 3 is 2.51 bits per heavy atom. The highest BCUT2D eigenvalue weighted by molar-refractivity contribution is 5.88. The van der Waals surface area contributed by atoms with Crippen LogP contribution in [0.2, 0.25) is 0 Å². The summed E-state index contributed by atoms with van der Waals surface area (Å²) >= 11 is 0. The molecular weight excluding hydrogens is 454 g/mol. The second-order valence-electron chi connectivity index (χ2n) is 10.2. The lowest BCUT2D eigenvalue weighted by atomic mass is 9.72. The molecule has 0 bridgehead atoms. The minimum atomic E-state index is -0.0894. The topological polar surface area (TPSA) is 38.3 Å². The van der Waals surface area contributed by atoms with Gasteiger partial charge < -0.3 is 10.1 Å². The molecule has 0 saturated carbocycles. The molecule has 0 atom stereocenters. The standard InChI is InChI=1S/C34H39NO2/c1-25(12-10-13-26(2)22-33(36)35-24-28-14-8-7-9-15-28)18-19-32-27(3)31(20-21-34(32,4)5)29-16-11-17-30(23-29)37-6/h7-20,22-23H,21,24H2,1-6H3,(H,35,36)/b13-10+,19-18+,25-12+,26-22-. The van der Waals surface area contributed by atoms with E-state index in [1.54, 1.807) is 13.2 Å². The molecule has 1 aliphatic carbocycles. The maximum absolute atomic E-state index is 12.2. The minimum Gasteiger partial charge on any atom is -0.497 e. The van der Waals surface area contributed by atoms with Crippen LogP contribution < -0.4 is 10.1 Å². The van der Waals surface area contributed by atoms with Crippen LogP contribution in [-0.2, 0) is 11.3 Å². The highest BCUT2D eigenvalue weighted by atomic mass is 16.5. The lowest BCUT2D eigenvalue weighted by Crippen LogP contribution is -2.20. The first-order chi connectivity index (χ1) is 17.7. The lowest BCUT2D eigenvalue weighted by Gasteiger charge is -2.32. The van der Waals surface area contributed by atoms with E-state index in [4.69, 9.17) is 4.74 Å². The molecule has 0 heterocycles. The van der Waals surface area contributed by atoms with Crippen LogP contribution in [0.5, 0.6) is 5.75 Å². The predicted molar refractivity (Wildman–Crippen MR) is 156 cm³/mol. The van der Waals surface area contributed by atoms with Gasteiger partial charge >= 0.3 is 0 Å². The van der Waals surface area contributed by atoms with Crippen molar-refractivity contribution in [3.63, 3.8) is 0 Å². The van der Waals surface area contributed by atoms with Gasteiger partial charge in [0.05, 0.1) is 7.11 Å². The van der Waals surface area contributed by atoms with Gasteiger partial charge in [-0.1, -0.05) is 98.3 Å². The fourth-order valence-electron chi connectivity index (χ4n) is 4.46. The van der Waals surface area contributed by atoms with E-state index in [1.807, 2.05) is 61.5 Å². The molecule has 1 N–H and O–H groups in total. The van der Waals surface area contributed by atoms with Crippen molar-refractivity contribution in [2.45, 2.75) is 47.6 Å². The van der Waals surface area contributed by atoms with Crippen LogP contribution in [0.4, 0.5) is 0 Å². The Balaban J connectivity index is 1.67. The quantitative estimate of drug-likeness (QED) is 0.283. The first-order valence-electron chi connectivity index (χ1n) is 12.8. The number of carbonyl (C=O) groups is 1. The molecule has 1 aliphatic rings. The zero-order valence-electron chi connectivity index (χ0n) is 23.0. The Hall–Kier alpha value is -3.85. The lowest BCUT2D eigenvalue weighted by molar-refractivity contribution is -0.116. The summed E-state index contributed by atoms with van der Waals surface area (Å²) < 4.78 is 5.44. The van der Waals surface area contributed by atoms with Crippen LogP contribution in [-0.4, -0.2) is 13.0 Å². The van der Waals surface area contributed by atoms with Crippen molar-refractivity contribution in [1.29, 1.82) is 0 Å². The van der Waals surface area contributed by atoms with Gasteiger partial charge in [-0.15, -0.1) is 0 Å². The number of nitrogens with one attached hydrogen (secondary N) is 1. The molecule has 3 heteroatoms. The number of rotatable bonds is 9. The third kappa shape index (κ3) is 8.08. The van der Waals surface area contributed by atoms with E-state index in [9.17, 15) is 4.79 Å². The highest BCUT2D eigenvalue weighted by Crippen LogP contribution is 2.43. The SMILES string of the molecule is COc1cccc(C2=CCC(C)(C)C(/C=C/C(C)=C/C=C/C(C)=C\C(=O)NCc3ccccc3)=C2C)c1. The normalized spacial score (nSPS) is 16.3. The van der Waals surface area contributed by atoms with Crippen LogP contribution in [0.15, 0.2) is 119 Å². The van der Waals surface area contributed by atoms with Gasteiger partial charge in [-0.3, -0.25) is 4.79 Å². The third-order valence-electron chi connectivity index (χ3n) is 6.63. The first kappa shape index (κ1) is 27.7. The van der Waals surface area contributed by atoms with E-state index in [-0.39, 0.29) is 11.3 Å². The molecule has 2 aromatic carbocycles. The van der Waals surface area contributed by atoms with Gasteiger partial charge in [0.25, 0.3) is 0 Å². The van der Waals surface area contributed by atoms with Crippen molar-refractivity contribution in [3.05, 3.63) is 131 Å². The first-order valence-corrected chi connectivity index (χ1v) is 12.8. The van der Waals surface area contributed by atoms with Gasteiger partial charge in [-0.2, -0.15) is 0 Å². The van der Waals surface area contributed by atoms with Gasteiger partial charge in [0, 0.05) is 12.6 Å². The second kappa shape index (κ2) is 12.9.